The minimum Gasteiger partial charge on any atom is -0.313 e. The zero-order chi connectivity index (χ0) is 14.0. The average Bonchev–Trinajstić information content (AvgIpc) is 2.91. The standard InChI is InChI=1S/C15H22N2O2S/c18-20(19,11-13-7-4-10-16-13)17-15-9-3-6-12-5-1-2-8-14(12)15/h3,6,9,13,16-17H,1-2,4-5,7-8,10-11H2. The van der Waals surface area contributed by atoms with Crippen LogP contribution in [0, 0.1) is 0 Å². The van der Waals surface area contributed by atoms with E-state index in [-0.39, 0.29) is 11.8 Å². The van der Waals surface area contributed by atoms with Crippen molar-refractivity contribution < 1.29 is 8.42 Å². The molecule has 1 atom stereocenters. The first kappa shape index (κ1) is 13.9. The van der Waals surface area contributed by atoms with Crippen LogP contribution < -0.4 is 10.0 Å². The van der Waals surface area contributed by atoms with Gasteiger partial charge in [-0.2, -0.15) is 0 Å². The number of hydrogen-bond acceptors (Lipinski definition) is 3. The van der Waals surface area contributed by atoms with Crippen LogP contribution in [0.5, 0.6) is 0 Å². The fraction of sp³-hybridized carbons (Fsp3) is 0.600. The van der Waals surface area contributed by atoms with E-state index >= 15 is 0 Å². The number of nitrogens with one attached hydrogen (secondary N) is 2. The Balaban J connectivity index is 1.76. The van der Waals surface area contributed by atoms with Crippen LogP contribution in [-0.4, -0.2) is 26.8 Å². The van der Waals surface area contributed by atoms with E-state index in [1.807, 2.05) is 12.1 Å². The van der Waals surface area contributed by atoms with Crippen LogP contribution >= 0.6 is 0 Å². The van der Waals surface area contributed by atoms with Crippen molar-refractivity contribution in [1.82, 2.24) is 5.32 Å². The number of rotatable bonds is 4. The summed E-state index contributed by atoms with van der Waals surface area (Å²) in [6.07, 6.45) is 6.42. The monoisotopic (exact) mass is 294 g/mol. The number of fused-ring (bicyclic) bond motifs is 1. The number of hydrogen-bond donors (Lipinski definition) is 2. The van der Waals surface area contributed by atoms with Crippen molar-refractivity contribution in [2.24, 2.45) is 0 Å². The van der Waals surface area contributed by atoms with Crippen molar-refractivity contribution in [2.45, 2.75) is 44.6 Å². The summed E-state index contributed by atoms with van der Waals surface area (Å²) in [5.41, 5.74) is 3.29. The lowest BCUT2D eigenvalue weighted by Gasteiger charge is -2.20. The van der Waals surface area contributed by atoms with Crippen molar-refractivity contribution in [1.29, 1.82) is 0 Å². The molecule has 1 aromatic carbocycles. The van der Waals surface area contributed by atoms with Gasteiger partial charge in [0, 0.05) is 6.04 Å². The normalized spacial score (nSPS) is 22.5. The van der Waals surface area contributed by atoms with E-state index in [9.17, 15) is 8.42 Å². The summed E-state index contributed by atoms with van der Waals surface area (Å²) in [4.78, 5) is 0. The molecule has 1 heterocycles. The fourth-order valence-corrected chi connectivity index (χ4v) is 4.67. The van der Waals surface area contributed by atoms with Crippen LogP contribution in [0.3, 0.4) is 0 Å². The minimum absolute atomic E-state index is 0.104. The Morgan fingerprint density at radius 1 is 1.20 bits per heavy atom. The maximum atomic E-state index is 12.3. The fourth-order valence-electron chi connectivity index (χ4n) is 3.25. The summed E-state index contributed by atoms with van der Waals surface area (Å²) in [5.74, 6) is 0.177. The Morgan fingerprint density at radius 3 is 2.85 bits per heavy atom. The second-order valence-corrected chi connectivity index (χ2v) is 7.59. The first-order valence-electron chi connectivity index (χ1n) is 7.49. The lowest BCUT2D eigenvalue weighted by atomic mass is 9.91. The second kappa shape index (κ2) is 5.74. The molecule has 1 aliphatic carbocycles. The molecule has 5 heteroatoms. The van der Waals surface area contributed by atoms with E-state index < -0.39 is 10.0 Å². The third-order valence-electron chi connectivity index (χ3n) is 4.24. The largest absolute Gasteiger partial charge is 0.313 e. The molecule has 0 bridgehead atoms. The lowest BCUT2D eigenvalue weighted by Crippen LogP contribution is -2.33. The van der Waals surface area contributed by atoms with E-state index in [1.54, 1.807) is 0 Å². The average molecular weight is 294 g/mol. The molecule has 4 nitrogen and oxygen atoms in total. The van der Waals surface area contributed by atoms with Gasteiger partial charge in [0.1, 0.15) is 0 Å². The van der Waals surface area contributed by atoms with Gasteiger partial charge in [0.15, 0.2) is 0 Å². The number of aryl methyl sites for hydroxylation is 1. The van der Waals surface area contributed by atoms with Gasteiger partial charge in [0.05, 0.1) is 11.4 Å². The van der Waals surface area contributed by atoms with Gasteiger partial charge in [-0.1, -0.05) is 12.1 Å². The molecular weight excluding hydrogens is 272 g/mol. The highest BCUT2D eigenvalue weighted by Gasteiger charge is 2.23. The highest BCUT2D eigenvalue weighted by Crippen LogP contribution is 2.28. The molecule has 2 aliphatic rings. The molecule has 2 N–H and O–H groups in total. The Morgan fingerprint density at radius 2 is 2.05 bits per heavy atom. The lowest BCUT2D eigenvalue weighted by molar-refractivity contribution is 0.581. The van der Waals surface area contributed by atoms with Crippen LogP contribution in [0.1, 0.15) is 36.8 Å². The predicted octanol–water partition coefficient (Wildman–Crippen LogP) is 2.06. The van der Waals surface area contributed by atoms with Crippen LogP contribution in [-0.2, 0) is 22.9 Å². The molecule has 0 spiro atoms. The van der Waals surface area contributed by atoms with E-state index in [0.717, 1.165) is 44.3 Å². The van der Waals surface area contributed by atoms with Gasteiger partial charge < -0.3 is 5.32 Å². The number of sulfonamides is 1. The SMILES string of the molecule is O=S(=O)(CC1CCCN1)Nc1cccc2c1CCCC2. The summed E-state index contributed by atoms with van der Waals surface area (Å²) in [6, 6.07) is 6.07. The zero-order valence-corrected chi connectivity index (χ0v) is 12.5. The van der Waals surface area contributed by atoms with Gasteiger partial charge >= 0.3 is 0 Å². The molecule has 1 saturated heterocycles. The highest BCUT2D eigenvalue weighted by atomic mass is 32.2. The van der Waals surface area contributed by atoms with Crippen molar-refractivity contribution in [2.75, 3.05) is 17.0 Å². The van der Waals surface area contributed by atoms with Crippen molar-refractivity contribution in [3.63, 3.8) is 0 Å². The minimum atomic E-state index is -3.26. The predicted molar refractivity (Wildman–Crippen MR) is 81.5 cm³/mol. The molecule has 1 fully saturated rings. The number of benzene rings is 1. The smallest absolute Gasteiger partial charge is 0.234 e. The summed E-state index contributed by atoms with van der Waals surface area (Å²) < 4.78 is 27.4. The Hall–Kier alpha value is -1.07. The van der Waals surface area contributed by atoms with Crippen LogP contribution in [0.2, 0.25) is 0 Å². The van der Waals surface area contributed by atoms with Gasteiger partial charge in [-0.05, 0) is 62.3 Å². The van der Waals surface area contributed by atoms with Gasteiger partial charge in [0.2, 0.25) is 10.0 Å². The van der Waals surface area contributed by atoms with Crippen LogP contribution in [0.15, 0.2) is 18.2 Å². The molecule has 1 aliphatic heterocycles. The molecule has 3 rings (SSSR count). The third kappa shape index (κ3) is 3.15. The molecular formula is C15H22N2O2S. The summed E-state index contributed by atoms with van der Waals surface area (Å²) in [5, 5.41) is 3.24. The molecule has 110 valence electrons. The first-order valence-corrected chi connectivity index (χ1v) is 9.14. The maximum Gasteiger partial charge on any atom is 0.234 e. The molecule has 0 amide bonds. The maximum absolute atomic E-state index is 12.3. The van der Waals surface area contributed by atoms with Crippen molar-refractivity contribution in [3.8, 4) is 0 Å². The van der Waals surface area contributed by atoms with Gasteiger partial charge in [-0.15, -0.1) is 0 Å². The molecule has 1 unspecified atom stereocenters. The topological polar surface area (TPSA) is 58.2 Å². The van der Waals surface area contributed by atoms with Crippen molar-refractivity contribution in [3.05, 3.63) is 29.3 Å². The van der Waals surface area contributed by atoms with Crippen LogP contribution in [0.25, 0.3) is 0 Å². The molecule has 0 radical (unpaired) electrons. The quantitative estimate of drug-likeness (QED) is 0.893. The summed E-state index contributed by atoms with van der Waals surface area (Å²) in [7, 11) is -3.26. The zero-order valence-electron chi connectivity index (χ0n) is 11.7. The van der Waals surface area contributed by atoms with E-state index in [1.165, 1.54) is 17.5 Å². The summed E-state index contributed by atoms with van der Waals surface area (Å²) in [6.45, 7) is 0.931. The first-order chi connectivity index (χ1) is 9.64. The Kier molecular flexibility index (Phi) is 3.98. The Bertz CT molecular complexity index is 578. The van der Waals surface area contributed by atoms with Crippen molar-refractivity contribution >= 4 is 15.7 Å². The third-order valence-corrected chi connectivity index (χ3v) is 5.62. The van der Waals surface area contributed by atoms with Gasteiger partial charge in [-0.25, -0.2) is 8.42 Å². The van der Waals surface area contributed by atoms with Gasteiger partial charge in [0.25, 0.3) is 0 Å². The van der Waals surface area contributed by atoms with E-state index in [0.29, 0.717) is 0 Å². The molecule has 0 saturated carbocycles. The number of anilines is 1. The second-order valence-electron chi connectivity index (χ2n) is 5.83. The van der Waals surface area contributed by atoms with E-state index in [4.69, 9.17) is 0 Å². The van der Waals surface area contributed by atoms with Gasteiger partial charge in [-0.3, -0.25) is 4.72 Å². The molecule has 1 aromatic rings. The Labute approximate surface area is 121 Å². The van der Waals surface area contributed by atoms with Crippen LogP contribution in [0.4, 0.5) is 5.69 Å². The summed E-state index contributed by atoms with van der Waals surface area (Å²) >= 11 is 0. The van der Waals surface area contributed by atoms with E-state index in [2.05, 4.69) is 16.1 Å². The highest BCUT2D eigenvalue weighted by molar-refractivity contribution is 7.92. The molecule has 0 aromatic heterocycles. The molecule has 20 heavy (non-hydrogen) atoms.